The summed E-state index contributed by atoms with van der Waals surface area (Å²) < 4.78 is 7.30. The average Bonchev–Trinajstić information content (AvgIpc) is 2.54. The Hall–Kier alpha value is -0.700. The minimum Gasteiger partial charge on any atom is -0.490 e. The summed E-state index contributed by atoms with van der Waals surface area (Å²) in [6, 6.07) is 0. The molecule has 0 heterocycles. The molecule has 0 aliphatic heterocycles. The predicted molar refractivity (Wildman–Crippen MR) is 97.5 cm³/mol. The number of nitrogens with two attached hydrogens (primary N) is 1. The summed E-state index contributed by atoms with van der Waals surface area (Å²) >= 11 is 3.66. The molecule has 124 valence electrons. The summed E-state index contributed by atoms with van der Waals surface area (Å²) in [5, 5.41) is 0. The Balaban J connectivity index is 2.01. The third kappa shape index (κ3) is 4.91. The number of hydrogen-bond acceptors (Lipinski definition) is 2. The van der Waals surface area contributed by atoms with Crippen LogP contribution in [0.15, 0.2) is 33.7 Å². The molecular weight excluding hydrogens is 338 g/mol. The van der Waals surface area contributed by atoms with Gasteiger partial charge in [-0.15, -0.1) is 0 Å². The molecule has 0 spiro atoms. The fourth-order valence-corrected chi connectivity index (χ4v) is 3.83. The van der Waals surface area contributed by atoms with Gasteiger partial charge in [0, 0.05) is 5.70 Å². The summed E-state index contributed by atoms with van der Waals surface area (Å²) in [6.45, 7) is 6.79. The maximum absolute atomic E-state index is 6.32. The molecule has 2 aliphatic rings. The SMILES string of the molecule is C/C1=C(N)/C=C(Br)\C(OC2CCC(C(C)C)CC2)=C\CCC1. The molecule has 0 aromatic rings. The zero-order valence-corrected chi connectivity index (χ0v) is 15.8. The normalized spacial score (nSPS) is 35.7. The Morgan fingerprint density at radius 2 is 1.91 bits per heavy atom. The number of allylic oxidation sites excluding steroid dienone is 4. The van der Waals surface area contributed by atoms with E-state index in [9.17, 15) is 0 Å². The largest absolute Gasteiger partial charge is 0.490 e. The van der Waals surface area contributed by atoms with Crippen LogP contribution in [0.2, 0.25) is 0 Å². The molecule has 0 bridgehead atoms. The number of halogens is 1. The quantitative estimate of drug-likeness (QED) is 0.684. The number of rotatable bonds is 3. The van der Waals surface area contributed by atoms with E-state index in [1.165, 1.54) is 31.3 Å². The first-order valence-corrected chi connectivity index (χ1v) is 9.46. The van der Waals surface area contributed by atoms with E-state index in [4.69, 9.17) is 10.5 Å². The standard InChI is InChI=1S/C19H30BrNO/c1-13(2)15-8-10-16(11-9-15)22-19-7-5-4-6-14(3)18(21)12-17(19)20/h7,12-13,15-16H,4-6,8-11,21H2,1-3H3/b17-12+,18-14+,19-7-. The molecule has 0 aromatic carbocycles. The fraction of sp³-hybridized carbons (Fsp3) is 0.684. The smallest absolute Gasteiger partial charge is 0.129 e. The van der Waals surface area contributed by atoms with Gasteiger partial charge in [0.05, 0.1) is 10.6 Å². The second-order valence-electron chi connectivity index (χ2n) is 7.09. The molecule has 22 heavy (non-hydrogen) atoms. The van der Waals surface area contributed by atoms with E-state index in [2.05, 4.69) is 42.8 Å². The van der Waals surface area contributed by atoms with Gasteiger partial charge in [0.2, 0.25) is 0 Å². The monoisotopic (exact) mass is 367 g/mol. The summed E-state index contributed by atoms with van der Waals surface area (Å²) in [5.74, 6) is 2.64. The van der Waals surface area contributed by atoms with Crippen LogP contribution in [0.3, 0.4) is 0 Å². The van der Waals surface area contributed by atoms with Crippen LogP contribution in [0, 0.1) is 11.8 Å². The fourth-order valence-electron chi connectivity index (χ4n) is 3.33. The average molecular weight is 368 g/mol. The molecule has 2 nitrogen and oxygen atoms in total. The molecule has 3 heteroatoms. The number of hydrogen-bond donors (Lipinski definition) is 1. The summed E-state index contributed by atoms with van der Waals surface area (Å²) in [7, 11) is 0. The van der Waals surface area contributed by atoms with Gasteiger partial charge in [0.25, 0.3) is 0 Å². The van der Waals surface area contributed by atoms with Gasteiger partial charge in [0.1, 0.15) is 5.76 Å². The topological polar surface area (TPSA) is 35.2 Å². The first-order chi connectivity index (χ1) is 10.5. The van der Waals surface area contributed by atoms with Gasteiger partial charge in [-0.1, -0.05) is 19.4 Å². The lowest BCUT2D eigenvalue weighted by Crippen LogP contribution is -2.24. The lowest BCUT2D eigenvalue weighted by Gasteiger charge is -2.31. The number of ether oxygens (including phenoxy) is 1. The van der Waals surface area contributed by atoms with Crippen molar-refractivity contribution >= 4 is 15.9 Å². The molecule has 0 unspecified atom stereocenters. The first-order valence-electron chi connectivity index (χ1n) is 8.67. The van der Waals surface area contributed by atoms with Crippen LogP contribution in [-0.4, -0.2) is 6.10 Å². The highest BCUT2D eigenvalue weighted by molar-refractivity contribution is 9.12. The van der Waals surface area contributed by atoms with Gasteiger partial charge in [0.15, 0.2) is 0 Å². The van der Waals surface area contributed by atoms with Crippen LogP contribution in [0.4, 0.5) is 0 Å². The molecule has 0 aromatic heterocycles. The second-order valence-corrected chi connectivity index (χ2v) is 7.94. The molecule has 0 saturated heterocycles. The molecule has 1 saturated carbocycles. The Labute approximate surface area is 144 Å². The van der Waals surface area contributed by atoms with Gasteiger partial charge in [-0.25, -0.2) is 0 Å². The van der Waals surface area contributed by atoms with E-state index in [1.807, 2.05) is 6.08 Å². The maximum Gasteiger partial charge on any atom is 0.129 e. The van der Waals surface area contributed by atoms with Crippen molar-refractivity contribution in [3.63, 3.8) is 0 Å². The van der Waals surface area contributed by atoms with E-state index in [0.717, 1.165) is 47.0 Å². The van der Waals surface area contributed by atoms with Gasteiger partial charge in [-0.05, 0) is 91.8 Å². The van der Waals surface area contributed by atoms with Gasteiger partial charge >= 0.3 is 0 Å². The Kier molecular flexibility index (Phi) is 6.61. The Morgan fingerprint density at radius 1 is 1.23 bits per heavy atom. The van der Waals surface area contributed by atoms with Crippen molar-refractivity contribution in [1.29, 1.82) is 0 Å². The second kappa shape index (κ2) is 8.24. The van der Waals surface area contributed by atoms with Gasteiger partial charge in [-0.3, -0.25) is 0 Å². The minimum atomic E-state index is 0.356. The minimum absolute atomic E-state index is 0.356. The lowest BCUT2D eigenvalue weighted by molar-refractivity contribution is 0.0645. The third-order valence-electron chi connectivity index (χ3n) is 5.05. The summed E-state index contributed by atoms with van der Waals surface area (Å²) in [5.41, 5.74) is 8.28. The van der Waals surface area contributed by atoms with Crippen molar-refractivity contribution in [3.05, 3.63) is 33.7 Å². The van der Waals surface area contributed by atoms with Crippen molar-refractivity contribution < 1.29 is 4.74 Å². The van der Waals surface area contributed by atoms with Crippen molar-refractivity contribution in [1.82, 2.24) is 0 Å². The molecule has 1 fully saturated rings. The van der Waals surface area contributed by atoms with Crippen LogP contribution >= 0.6 is 15.9 Å². The highest BCUT2D eigenvalue weighted by atomic mass is 79.9. The van der Waals surface area contributed by atoms with Crippen LogP contribution in [0.5, 0.6) is 0 Å². The zero-order chi connectivity index (χ0) is 16.1. The van der Waals surface area contributed by atoms with E-state index < -0.39 is 0 Å². The van der Waals surface area contributed by atoms with E-state index >= 15 is 0 Å². The van der Waals surface area contributed by atoms with Crippen molar-refractivity contribution in [2.45, 2.75) is 71.8 Å². The van der Waals surface area contributed by atoms with Crippen LogP contribution in [0.1, 0.15) is 65.7 Å². The van der Waals surface area contributed by atoms with E-state index in [-0.39, 0.29) is 0 Å². The molecule has 2 rings (SSSR count). The molecule has 0 radical (unpaired) electrons. The Morgan fingerprint density at radius 3 is 2.55 bits per heavy atom. The van der Waals surface area contributed by atoms with Crippen LogP contribution in [-0.2, 0) is 4.74 Å². The third-order valence-corrected chi connectivity index (χ3v) is 5.67. The van der Waals surface area contributed by atoms with Crippen LogP contribution in [0.25, 0.3) is 0 Å². The molecule has 2 aliphatic carbocycles. The molecule has 2 N–H and O–H groups in total. The molecule has 0 atom stereocenters. The van der Waals surface area contributed by atoms with Crippen molar-refractivity contribution in [2.24, 2.45) is 17.6 Å². The zero-order valence-electron chi connectivity index (χ0n) is 14.2. The lowest BCUT2D eigenvalue weighted by atomic mass is 9.80. The predicted octanol–water partition coefficient (Wildman–Crippen LogP) is 5.80. The summed E-state index contributed by atoms with van der Waals surface area (Å²) in [6.07, 6.45) is 12.7. The van der Waals surface area contributed by atoms with Gasteiger partial charge < -0.3 is 10.5 Å². The van der Waals surface area contributed by atoms with E-state index in [0.29, 0.717) is 6.10 Å². The Bertz CT molecular complexity index is 468. The molecule has 0 amide bonds. The highest BCUT2D eigenvalue weighted by Crippen LogP contribution is 2.34. The highest BCUT2D eigenvalue weighted by Gasteiger charge is 2.25. The van der Waals surface area contributed by atoms with Crippen LogP contribution < -0.4 is 5.73 Å². The van der Waals surface area contributed by atoms with E-state index in [1.54, 1.807) is 0 Å². The maximum atomic E-state index is 6.32. The summed E-state index contributed by atoms with van der Waals surface area (Å²) in [4.78, 5) is 0. The van der Waals surface area contributed by atoms with Crippen molar-refractivity contribution in [3.8, 4) is 0 Å². The molecular formula is C19H30BrNO. The first kappa shape index (κ1) is 17.7. The van der Waals surface area contributed by atoms with Gasteiger partial charge in [-0.2, -0.15) is 0 Å². The van der Waals surface area contributed by atoms with Crippen molar-refractivity contribution in [2.75, 3.05) is 0 Å².